The molecule has 2 rings (SSSR count). The fourth-order valence-corrected chi connectivity index (χ4v) is 2.74. The molecule has 0 amide bonds. The molecule has 3 nitrogen and oxygen atoms in total. The summed E-state index contributed by atoms with van der Waals surface area (Å²) in [5.41, 5.74) is 2.43. The monoisotopic (exact) mass is 249 g/mol. The molecule has 1 aromatic carbocycles. The zero-order valence-corrected chi connectivity index (χ0v) is 10.5. The summed E-state index contributed by atoms with van der Waals surface area (Å²) < 4.78 is 0. The Morgan fingerprint density at radius 3 is 2.82 bits per heavy atom. The Balaban J connectivity index is 2.00. The van der Waals surface area contributed by atoms with Crippen molar-refractivity contribution in [3.8, 4) is 0 Å². The summed E-state index contributed by atoms with van der Waals surface area (Å²) in [6, 6.07) is 8.34. The van der Waals surface area contributed by atoms with Crippen molar-refractivity contribution in [1.82, 2.24) is 4.90 Å². The molecule has 0 aliphatic carbocycles. The van der Waals surface area contributed by atoms with Crippen LogP contribution in [-0.4, -0.2) is 34.9 Å². The maximum atomic E-state index is 10.6. The molecule has 0 unspecified atom stereocenters. The second-order valence-corrected chi connectivity index (χ2v) is 5.25. The maximum absolute atomic E-state index is 10.6. The van der Waals surface area contributed by atoms with Gasteiger partial charge in [-0.05, 0) is 18.6 Å². The fraction of sp³-hybridized carbons (Fsp3) is 0.308. The van der Waals surface area contributed by atoms with Crippen molar-refractivity contribution in [3.05, 3.63) is 40.3 Å². The third-order valence-electron chi connectivity index (χ3n) is 2.58. The van der Waals surface area contributed by atoms with Crippen molar-refractivity contribution in [1.29, 1.82) is 0 Å². The fourth-order valence-electron chi connectivity index (χ4n) is 1.71. The second-order valence-electron chi connectivity index (χ2n) is 4.18. The normalized spacial score (nSPS) is 18.8. The lowest BCUT2D eigenvalue weighted by molar-refractivity contribution is -0.137. The summed E-state index contributed by atoms with van der Waals surface area (Å²) in [6.07, 6.45) is 2.13. The first-order valence-electron chi connectivity index (χ1n) is 5.48. The van der Waals surface area contributed by atoms with Gasteiger partial charge in [-0.2, -0.15) is 0 Å². The van der Waals surface area contributed by atoms with Crippen LogP contribution in [0.5, 0.6) is 0 Å². The van der Waals surface area contributed by atoms with Gasteiger partial charge in [0, 0.05) is 17.3 Å². The quantitative estimate of drug-likeness (QED) is 0.893. The molecule has 4 heteroatoms. The Hall–Kier alpha value is -1.26. The van der Waals surface area contributed by atoms with Crippen LogP contribution in [0, 0.1) is 6.92 Å². The molecule has 1 aliphatic rings. The predicted octanol–water partition coefficient (Wildman–Crippen LogP) is 2.43. The maximum Gasteiger partial charge on any atom is 0.317 e. The summed E-state index contributed by atoms with van der Waals surface area (Å²) >= 11 is 1.72. The van der Waals surface area contributed by atoms with Gasteiger partial charge in [-0.25, -0.2) is 0 Å². The molecule has 1 aliphatic heterocycles. The number of carboxylic acid groups (broad SMARTS) is 1. The number of rotatable bonds is 3. The van der Waals surface area contributed by atoms with Crippen molar-refractivity contribution in [3.63, 3.8) is 0 Å². The van der Waals surface area contributed by atoms with Gasteiger partial charge in [0.05, 0.1) is 6.54 Å². The molecule has 0 bridgehead atoms. The Morgan fingerprint density at radius 1 is 1.47 bits per heavy atom. The van der Waals surface area contributed by atoms with E-state index in [0.717, 1.165) is 12.4 Å². The molecule has 0 aromatic heterocycles. The van der Waals surface area contributed by atoms with E-state index < -0.39 is 5.97 Å². The zero-order chi connectivity index (χ0) is 12.3. The molecule has 1 aromatic rings. The summed E-state index contributed by atoms with van der Waals surface area (Å²) in [6.45, 7) is 2.93. The van der Waals surface area contributed by atoms with E-state index in [1.807, 2.05) is 4.90 Å². The van der Waals surface area contributed by atoms with Gasteiger partial charge in [0.25, 0.3) is 0 Å². The lowest BCUT2D eigenvalue weighted by Gasteiger charge is -2.08. The third kappa shape index (κ3) is 3.61. The Kier molecular flexibility index (Phi) is 3.86. The van der Waals surface area contributed by atoms with Crippen molar-refractivity contribution < 1.29 is 9.90 Å². The van der Waals surface area contributed by atoms with Crippen LogP contribution in [0.2, 0.25) is 0 Å². The number of hydrogen-bond acceptors (Lipinski definition) is 3. The number of hydrogen-bond donors (Lipinski definition) is 1. The molecule has 0 saturated carbocycles. The minimum Gasteiger partial charge on any atom is -0.480 e. The predicted molar refractivity (Wildman–Crippen MR) is 70.8 cm³/mol. The van der Waals surface area contributed by atoms with Gasteiger partial charge in [-0.1, -0.05) is 29.8 Å². The number of aliphatic carboxylic acids is 1. The lowest BCUT2D eigenvalue weighted by atomic mass is 10.1. The Morgan fingerprint density at radius 2 is 2.18 bits per heavy atom. The SMILES string of the molecule is Cc1ccc(C=C2CN(CC(=O)O)CS2)cc1. The smallest absolute Gasteiger partial charge is 0.317 e. The average Bonchev–Trinajstić information content (AvgIpc) is 2.68. The largest absolute Gasteiger partial charge is 0.480 e. The number of benzene rings is 1. The molecule has 1 heterocycles. The van der Waals surface area contributed by atoms with E-state index in [-0.39, 0.29) is 6.54 Å². The molecule has 90 valence electrons. The van der Waals surface area contributed by atoms with Crippen LogP contribution < -0.4 is 0 Å². The molecule has 1 fully saturated rings. The van der Waals surface area contributed by atoms with E-state index in [0.29, 0.717) is 0 Å². The molecule has 0 atom stereocenters. The van der Waals surface area contributed by atoms with Crippen LogP contribution in [0.3, 0.4) is 0 Å². The summed E-state index contributed by atoms with van der Waals surface area (Å²) in [7, 11) is 0. The van der Waals surface area contributed by atoms with Gasteiger partial charge in [-0.15, -0.1) is 11.8 Å². The highest BCUT2D eigenvalue weighted by Gasteiger charge is 2.18. The zero-order valence-electron chi connectivity index (χ0n) is 9.72. The van der Waals surface area contributed by atoms with Crippen molar-refractivity contribution >= 4 is 23.8 Å². The average molecular weight is 249 g/mol. The number of thioether (sulfide) groups is 1. The van der Waals surface area contributed by atoms with Crippen LogP contribution >= 0.6 is 11.8 Å². The van der Waals surface area contributed by atoms with Crippen LogP contribution in [0.25, 0.3) is 6.08 Å². The van der Waals surface area contributed by atoms with Crippen LogP contribution in [0.15, 0.2) is 29.2 Å². The topological polar surface area (TPSA) is 40.5 Å². The van der Waals surface area contributed by atoms with E-state index in [1.54, 1.807) is 11.8 Å². The molecule has 1 N–H and O–H groups in total. The Bertz CT molecular complexity index is 439. The van der Waals surface area contributed by atoms with E-state index >= 15 is 0 Å². The van der Waals surface area contributed by atoms with Gasteiger partial charge < -0.3 is 5.11 Å². The lowest BCUT2D eigenvalue weighted by Crippen LogP contribution is -2.26. The highest BCUT2D eigenvalue weighted by atomic mass is 32.2. The molecule has 0 radical (unpaired) electrons. The van der Waals surface area contributed by atoms with Gasteiger partial charge >= 0.3 is 5.97 Å². The van der Waals surface area contributed by atoms with E-state index in [1.165, 1.54) is 16.0 Å². The standard InChI is InChI=1S/C13H15NO2S/c1-10-2-4-11(5-3-10)6-12-7-14(9-17-12)8-13(15)16/h2-6H,7-9H2,1H3,(H,15,16). The third-order valence-corrected chi connectivity index (χ3v) is 3.69. The highest BCUT2D eigenvalue weighted by molar-refractivity contribution is 8.03. The van der Waals surface area contributed by atoms with Gasteiger partial charge in [0.1, 0.15) is 0 Å². The molecule has 17 heavy (non-hydrogen) atoms. The number of carbonyl (C=O) groups is 1. The van der Waals surface area contributed by atoms with Crippen LogP contribution in [0.1, 0.15) is 11.1 Å². The highest BCUT2D eigenvalue weighted by Crippen LogP contribution is 2.28. The van der Waals surface area contributed by atoms with Crippen LogP contribution in [-0.2, 0) is 4.79 Å². The van der Waals surface area contributed by atoms with Crippen LogP contribution in [0.4, 0.5) is 0 Å². The first-order valence-corrected chi connectivity index (χ1v) is 6.46. The number of carboxylic acids is 1. The van der Waals surface area contributed by atoms with Crippen molar-refractivity contribution in [2.75, 3.05) is 19.0 Å². The van der Waals surface area contributed by atoms with E-state index in [4.69, 9.17) is 5.11 Å². The first-order chi connectivity index (χ1) is 8.13. The molecule has 0 spiro atoms. The van der Waals surface area contributed by atoms with E-state index in [2.05, 4.69) is 37.3 Å². The Labute approximate surface area is 105 Å². The summed E-state index contributed by atoms with van der Waals surface area (Å²) in [4.78, 5) is 13.7. The van der Waals surface area contributed by atoms with E-state index in [9.17, 15) is 4.79 Å². The molecular formula is C13H15NO2S. The molecular weight excluding hydrogens is 234 g/mol. The van der Waals surface area contributed by atoms with Crippen molar-refractivity contribution in [2.24, 2.45) is 0 Å². The minimum atomic E-state index is -0.762. The summed E-state index contributed by atoms with van der Waals surface area (Å²) in [5.74, 6) is 0.00599. The second kappa shape index (κ2) is 5.38. The molecule has 1 saturated heterocycles. The van der Waals surface area contributed by atoms with Gasteiger partial charge in [0.2, 0.25) is 0 Å². The van der Waals surface area contributed by atoms with Gasteiger partial charge in [-0.3, -0.25) is 9.69 Å². The van der Waals surface area contributed by atoms with Crippen molar-refractivity contribution in [2.45, 2.75) is 6.92 Å². The first kappa shape index (κ1) is 12.2. The summed E-state index contributed by atoms with van der Waals surface area (Å²) in [5, 5.41) is 8.71. The minimum absolute atomic E-state index is 0.123. The number of aryl methyl sites for hydroxylation is 1. The number of nitrogens with zero attached hydrogens (tertiary/aromatic N) is 1. The van der Waals surface area contributed by atoms with Gasteiger partial charge in [0.15, 0.2) is 0 Å².